The first-order chi connectivity index (χ1) is 8.96. The molecule has 2 rings (SSSR count). The Morgan fingerprint density at radius 2 is 2.00 bits per heavy atom. The van der Waals surface area contributed by atoms with E-state index in [1.807, 2.05) is 20.8 Å². The van der Waals surface area contributed by atoms with E-state index in [2.05, 4.69) is 20.2 Å². The molecule has 0 unspecified atom stereocenters. The second-order valence-electron chi connectivity index (χ2n) is 5.37. The van der Waals surface area contributed by atoms with Crippen molar-refractivity contribution in [2.24, 2.45) is 0 Å². The van der Waals surface area contributed by atoms with Crippen LogP contribution in [0.25, 0.3) is 0 Å². The number of nitrogens with zero attached hydrogens (tertiary/aromatic N) is 2. The third-order valence-electron chi connectivity index (χ3n) is 3.83. The van der Waals surface area contributed by atoms with E-state index in [0.29, 0.717) is 17.8 Å². The summed E-state index contributed by atoms with van der Waals surface area (Å²) in [6.07, 6.45) is 0.475. The zero-order valence-electron chi connectivity index (χ0n) is 11.8. The number of H-pyrrole nitrogens is 1. The van der Waals surface area contributed by atoms with Crippen molar-refractivity contribution in [2.75, 3.05) is 26.2 Å². The quantitative estimate of drug-likeness (QED) is 0.727. The van der Waals surface area contributed by atoms with Crippen LogP contribution >= 0.6 is 0 Å². The first-order valence-electron chi connectivity index (χ1n) is 6.75. The molecule has 6 heteroatoms. The number of nitrogens with one attached hydrogen (secondary N) is 2. The normalized spacial score (nSPS) is 17.6. The zero-order valence-corrected chi connectivity index (χ0v) is 11.8. The molecule has 0 radical (unpaired) electrons. The van der Waals surface area contributed by atoms with Gasteiger partial charge in [0.25, 0.3) is 5.56 Å². The summed E-state index contributed by atoms with van der Waals surface area (Å²) in [5.41, 5.74) is -0.293. The molecule has 1 aromatic rings. The van der Waals surface area contributed by atoms with Crippen molar-refractivity contribution in [3.05, 3.63) is 21.7 Å². The highest BCUT2D eigenvalue weighted by Crippen LogP contribution is 2.26. The molecule has 3 N–H and O–H groups in total. The van der Waals surface area contributed by atoms with E-state index in [4.69, 9.17) is 0 Å². The van der Waals surface area contributed by atoms with Crippen LogP contribution in [0.15, 0.2) is 4.79 Å². The lowest BCUT2D eigenvalue weighted by Gasteiger charge is -2.40. The van der Waals surface area contributed by atoms with Gasteiger partial charge in [-0.25, -0.2) is 0 Å². The molecule has 6 nitrogen and oxygen atoms in total. The molecule has 2 heterocycles. The van der Waals surface area contributed by atoms with Crippen molar-refractivity contribution < 1.29 is 5.11 Å². The van der Waals surface area contributed by atoms with Crippen molar-refractivity contribution in [1.29, 1.82) is 0 Å². The maximum absolute atomic E-state index is 11.9. The van der Waals surface area contributed by atoms with Crippen LogP contribution in [0.1, 0.15) is 32.2 Å². The van der Waals surface area contributed by atoms with Gasteiger partial charge in [-0.1, -0.05) is 6.92 Å². The van der Waals surface area contributed by atoms with Gasteiger partial charge in [0.15, 0.2) is 0 Å². The minimum Gasteiger partial charge on any atom is -0.493 e. The SMILES string of the molecule is CCc1c(O)nc(C(C)(C)N2CCNCC2)[nH]c1=O. The van der Waals surface area contributed by atoms with Crippen molar-refractivity contribution in [3.8, 4) is 5.88 Å². The minimum atomic E-state index is -0.398. The Hall–Kier alpha value is -1.40. The number of aromatic amines is 1. The van der Waals surface area contributed by atoms with Gasteiger partial charge in [-0.05, 0) is 20.3 Å². The molecule has 0 atom stereocenters. The summed E-state index contributed by atoms with van der Waals surface area (Å²) >= 11 is 0. The standard InChI is InChI=1S/C13H22N4O2/c1-4-9-10(18)15-12(16-11(9)19)13(2,3)17-7-5-14-6-8-17/h14H,4-8H2,1-3H3,(H2,15,16,18,19). The molecule has 0 amide bonds. The smallest absolute Gasteiger partial charge is 0.257 e. The molecule has 1 fully saturated rings. The van der Waals surface area contributed by atoms with Gasteiger partial charge in [-0.3, -0.25) is 9.69 Å². The van der Waals surface area contributed by atoms with Gasteiger partial charge in [0.2, 0.25) is 5.88 Å². The Bertz CT molecular complexity index is 504. The van der Waals surface area contributed by atoms with Gasteiger partial charge < -0.3 is 15.4 Å². The zero-order chi connectivity index (χ0) is 14.0. The molecular formula is C13H22N4O2. The van der Waals surface area contributed by atoms with Gasteiger partial charge in [-0.15, -0.1) is 0 Å². The highest BCUT2D eigenvalue weighted by atomic mass is 16.3. The first-order valence-corrected chi connectivity index (χ1v) is 6.75. The summed E-state index contributed by atoms with van der Waals surface area (Å²) < 4.78 is 0. The van der Waals surface area contributed by atoms with Crippen LogP contribution in [0.5, 0.6) is 5.88 Å². The van der Waals surface area contributed by atoms with Crippen molar-refractivity contribution in [3.63, 3.8) is 0 Å². The van der Waals surface area contributed by atoms with Crippen molar-refractivity contribution in [2.45, 2.75) is 32.7 Å². The van der Waals surface area contributed by atoms with Gasteiger partial charge in [-0.2, -0.15) is 4.98 Å². The average molecular weight is 266 g/mol. The third kappa shape index (κ3) is 2.64. The number of aromatic hydroxyl groups is 1. The fourth-order valence-electron chi connectivity index (χ4n) is 2.47. The third-order valence-corrected chi connectivity index (χ3v) is 3.83. The Morgan fingerprint density at radius 1 is 1.37 bits per heavy atom. The molecular weight excluding hydrogens is 244 g/mol. The first kappa shape index (κ1) is 14.0. The molecule has 0 saturated carbocycles. The number of piperazine rings is 1. The fourth-order valence-corrected chi connectivity index (χ4v) is 2.47. The van der Waals surface area contributed by atoms with Crippen LogP contribution in [0.2, 0.25) is 0 Å². The van der Waals surface area contributed by atoms with E-state index >= 15 is 0 Å². The molecule has 0 aromatic carbocycles. The Balaban J connectivity index is 2.37. The molecule has 106 valence electrons. The molecule has 1 aliphatic heterocycles. The van der Waals surface area contributed by atoms with Gasteiger partial charge in [0, 0.05) is 26.2 Å². The van der Waals surface area contributed by atoms with Crippen molar-refractivity contribution in [1.82, 2.24) is 20.2 Å². The van der Waals surface area contributed by atoms with E-state index in [1.54, 1.807) is 0 Å². The Labute approximate surface area is 112 Å². The van der Waals surface area contributed by atoms with Crippen LogP contribution in [0.3, 0.4) is 0 Å². The summed E-state index contributed by atoms with van der Waals surface area (Å²) in [6, 6.07) is 0. The van der Waals surface area contributed by atoms with Gasteiger partial charge in [0.1, 0.15) is 5.82 Å². The lowest BCUT2D eigenvalue weighted by molar-refractivity contribution is 0.0938. The highest BCUT2D eigenvalue weighted by Gasteiger charge is 2.32. The maximum Gasteiger partial charge on any atom is 0.257 e. The summed E-state index contributed by atoms with van der Waals surface area (Å²) in [5.74, 6) is 0.374. The van der Waals surface area contributed by atoms with Crippen LogP contribution in [-0.4, -0.2) is 46.2 Å². The molecule has 19 heavy (non-hydrogen) atoms. The van der Waals surface area contributed by atoms with Gasteiger partial charge >= 0.3 is 0 Å². The molecule has 1 aromatic heterocycles. The second-order valence-corrected chi connectivity index (χ2v) is 5.37. The largest absolute Gasteiger partial charge is 0.493 e. The lowest BCUT2D eigenvalue weighted by Crippen LogP contribution is -2.52. The minimum absolute atomic E-state index is 0.149. The number of hydrogen-bond donors (Lipinski definition) is 3. The summed E-state index contributed by atoms with van der Waals surface area (Å²) in [5, 5.41) is 13.2. The van der Waals surface area contributed by atoms with Gasteiger partial charge in [0.05, 0.1) is 11.1 Å². The molecule has 1 aliphatic rings. The molecule has 0 aliphatic carbocycles. The van der Waals surface area contributed by atoms with E-state index in [-0.39, 0.29) is 11.4 Å². The van der Waals surface area contributed by atoms with Crippen LogP contribution in [0.4, 0.5) is 0 Å². The number of hydrogen-bond acceptors (Lipinski definition) is 5. The van der Waals surface area contributed by atoms with E-state index in [9.17, 15) is 9.90 Å². The predicted octanol–water partition coefficient (Wildman–Crippen LogP) is 0.178. The highest BCUT2D eigenvalue weighted by molar-refractivity contribution is 5.24. The van der Waals surface area contributed by atoms with E-state index < -0.39 is 5.54 Å². The predicted molar refractivity (Wildman–Crippen MR) is 73.4 cm³/mol. The molecule has 0 spiro atoms. The van der Waals surface area contributed by atoms with E-state index in [0.717, 1.165) is 26.2 Å². The van der Waals surface area contributed by atoms with E-state index in [1.165, 1.54) is 0 Å². The average Bonchev–Trinajstić information content (AvgIpc) is 2.39. The number of rotatable bonds is 3. The monoisotopic (exact) mass is 266 g/mol. The van der Waals surface area contributed by atoms with Crippen LogP contribution in [0, 0.1) is 0 Å². The Kier molecular flexibility index (Phi) is 3.91. The molecule has 0 bridgehead atoms. The maximum atomic E-state index is 11.9. The van der Waals surface area contributed by atoms with Crippen LogP contribution in [-0.2, 0) is 12.0 Å². The van der Waals surface area contributed by atoms with Crippen LogP contribution < -0.4 is 10.9 Å². The summed E-state index contributed by atoms with van der Waals surface area (Å²) in [6.45, 7) is 9.50. The Morgan fingerprint density at radius 3 is 2.53 bits per heavy atom. The lowest BCUT2D eigenvalue weighted by atomic mass is 10.00. The number of aromatic nitrogens is 2. The fraction of sp³-hybridized carbons (Fsp3) is 0.692. The molecule has 1 saturated heterocycles. The summed E-state index contributed by atoms with van der Waals surface area (Å²) in [4.78, 5) is 21.2. The topological polar surface area (TPSA) is 81.2 Å². The second kappa shape index (κ2) is 5.30. The summed E-state index contributed by atoms with van der Waals surface area (Å²) in [7, 11) is 0. The van der Waals surface area contributed by atoms with Crippen molar-refractivity contribution >= 4 is 0 Å².